The van der Waals surface area contributed by atoms with Gasteiger partial charge in [0.15, 0.2) is 0 Å². The van der Waals surface area contributed by atoms with E-state index in [1.807, 2.05) is 0 Å². The zero-order valence-corrected chi connectivity index (χ0v) is 14.6. The predicted octanol–water partition coefficient (Wildman–Crippen LogP) is 5.11. The minimum atomic E-state index is 0.249. The summed E-state index contributed by atoms with van der Waals surface area (Å²) in [6.07, 6.45) is 6.29. The van der Waals surface area contributed by atoms with Crippen LogP contribution in [0.3, 0.4) is 0 Å². The van der Waals surface area contributed by atoms with Gasteiger partial charge in [-0.15, -0.1) is 0 Å². The molecule has 0 bridgehead atoms. The van der Waals surface area contributed by atoms with Crippen molar-refractivity contribution < 1.29 is 9.53 Å². The topological polar surface area (TPSA) is 26.3 Å². The Balaban J connectivity index is 4.69. The second kappa shape index (κ2) is 11.3. The molecule has 120 valence electrons. The number of ether oxygens (including phenoxy) is 1. The Bertz CT molecular complexity index is 242. The van der Waals surface area contributed by atoms with Gasteiger partial charge < -0.3 is 4.74 Å². The van der Waals surface area contributed by atoms with Gasteiger partial charge in [0.2, 0.25) is 0 Å². The van der Waals surface area contributed by atoms with E-state index < -0.39 is 0 Å². The first-order valence-electron chi connectivity index (χ1n) is 8.53. The number of hydrogen-bond donors (Lipinski definition) is 0. The molecule has 0 rings (SSSR count). The van der Waals surface area contributed by atoms with Gasteiger partial charge in [0.25, 0.3) is 0 Å². The molecule has 0 aliphatic carbocycles. The zero-order chi connectivity index (χ0) is 15.5. The predicted molar refractivity (Wildman–Crippen MR) is 86.9 cm³/mol. The van der Waals surface area contributed by atoms with Gasteiger partial charge in [-0.1, -0.05) is 53.9 Å². The number of hydrogen-bond acceptors (Lipinski definition) is 2. The quantitative estimate of drug-likeness (QED) is 0.498. The molecule has 0 aromatic carbocycles. The molecule has 0 saturated heterocycles. The first kappa shape index (κ1) is 19.6. The van der Waals surface area contributed by atoms with Gasteiger partial charge in [0, 0.05) is 26.1 Å². The Morgan fingerprint density at radius 2 is 1.60 bits per heavy atom. The number of methoxy groups -OCH3 is 1. The van der Waals surface area contributed by atoms with Crippen molar-refractivity contribution in [2.24, 2.45) is 23.7 Å². The van der Waals surface area contributed by atoms with Gasteiger partial charge in [-0.25, -0.2) is 0 Å². The van der Waals surface area contributed by atoms with Crippen LogP contribution in [0.1, 0.15) is 73.1 Å². The number of Topliss-reactive ketones (excluding diaryl/α,β-unsaturated/α-hetero) is 1. The molecule has 0 radical (unpaired) electrons. The Morgan fingerprint density at radius 1 is 1.00 bits per heavy atom. The maximum atomic E-state index is 12.6. The van der Waals surface area contributed by atoms with Crippen molar-refractivity contribution >= 4 is 5.78 Å². The van der Waals surface area contributed by atoms with Crippen molar-refractivity contribution in [3.63, 3.8) is 0 Å². The molecule has 3 atom stereocenters. The molecule has 0 heterocycles. The summed E-state index contributed by atoms with van der Waals surface area (Å²) in [6, 6.07) is 0. The van der Waals surface area contributed by atoms with Gasteiger partial charge in [-0.2, -0.15) is 0 Å². The SMILES string of the molecule is CCCC(COC)C(CC)CC(=O)C(CCC)C(C)C. The number of carbonyl (C=O) groups is 1. The van der Waals surface area contributed by atoms with Crippen molar-refractivity contribution in [3.05, 3.63) is 0 Å². The number of carbonyl (C=O) groups excluding carboxylic acids is 1. The van der Waals surface area contributed by atoms with Gasteiger partial charge in [0.1, 0.15) is 5.78 Å². The highest BCUT2D eigenvalue weighted by atomic mass is 16.5. The zero-order valence-electron chi connectivity index (χ0n) is 14.6. The van der Waals surface area contributed by atoms with Gasteiger partial charge >= 0.3 is 0 Å². The first-order chi connectivity index (χ1) is 9.51. The van der Waals surface area contributed by atoms with Crippen LogP contribution < -0.4 is 0 Å². The van der Waals surface area contributed by atoms with E-state index in [0.29, 0.717) is 23.5 Å². The van der Waals surface area contributed by atoms with E-state index >= 15 is 0 Å². The summed E-state index contributed by atoms with van der Waals surface area (Å²) in [5.41, 5.74) is 0. The van der Waals surface area contributed by atoms with Crippen LogP contribution >= 0.6 is 0 Å². The second-order valence-corrected chi connectivity index (χ2v) is 6.48. The van der Waals surface area contributed by atoms with Gasteiger partial charge in [-0.3, -0.25) is 4.79 Å². The van der Waals surface area contributed by atoms with Crippen LogP contribution in [0.4, 0.5) is 0 Å². The Morgan fingerprint density at radius 3 is 2.00 bits per heavy atom. The van der Waals surface area contributed by atoms with Crippen LogP contribution in [-0.4, -0.2) is 19.5 Å². The summed E-state index contributed by atoms with van der Waals surface area (Å²) < 4.78 is 5.37. The molecule has 0 spiro atoms. The standard InChI is InChI=1S/C18H36O2/c1-7-10-16(13-20-6)15(9-3)12-18(19)17(11-8-2)14(4)5/h14-17H,7-13H2,1-6H3. The van der Waals surface area contributed by atoms with E-state index in [2.05, 4.69) is 34.6 Å². The van der Waals surface area contributed by atoms with Crippen molar-refractivity contribution in [1.29, 1.82) is 0 Å². The molecule has 2 nitrogen and oxygen atoms in total. The highest BCUT2D eigenvalue weighted by Gasteiger charge is 2.27. The molecule has 0 aromatic heterocycles. The molecule has 20 heavy (non-hydrogen) atoms. The first-order valence-corrected chi connectivity index (χ1v) is 8.53. The summed E-state index contributed by atoms with van der Waals surface area (Å²) >= 11 is 0. The molecular formula is C18H36O2. The van der Waals surface area contributed by atoms with Gasteiger partial charge in [0.05, 0.1) is 0 Å². The van der Waals surface area contributed by atoms with E-state index in [1.165, 1.54) is 12.8 Å². The minimum absolute atomic E-state index is 0.249. The van der Waals surface area contributed by atoms with Crippen LogP contribution in [0, 0.1) is 23.7 Å². The Hall–Kier alpha value is -0.370. The molecular weight excluding hydrogens is 248 g/mol. The Kier molecular flexibility index (Phi) is 11.1. The van der Waals surface area contributed by atoms with E-state index in [9.17, 15) is 4.79 Å². The fraction of sp³-hybridized carbons (Fsp3) is 0.944. The number of ketones is 1. The van der Waals surface area contributed by atoms with Crippen LogP contribution in [0.2, 0.25) is 0 Å². The third-order valence-corrected chi connectivity index (χ3v) is 4.51. The average molecular weight is 284 g/mol. The molecule has 0 aliphatic heterocycles. The fourth-order valence-corrected chi connectivity index (χ4v) is 3.27. The molecule has 3 unspecified atom stereocenters. The third-order valence-electron chi connectivity index (χ3n) is 4.51. The van der Waals surface area contributed by atoms with E-state index in [1.54, 1.807) is 7.11 Å². The lowest BCUT2D eigenvalue weighted by Crippen LogP contribution is -2.27. The van der Waals surface area contributed by atoms with E-state index in [4.69, 9.17) is 4.74 Å². The molecule has 0 saturated carbocycles. The molecule has 0 fully saturated rings. The molecule has 0 aliphatic rings. The fourth-order valence-electron chi connectivity index (χ4n) is 3.27. The summed E-state index contributed by atoms with van der Waals surface area (Å²) in [4.78, 5) is 12.6. The van der Waals surface area contributed by atoms with Crippen LogP contribution in [0.15, 0.2) is 0 Å². The van der Waals surface area contributed by atoms with Crippen molar-refractivity contribution in [2.45, 2.75) is 73.1 Å². The summed E-state index contributed by atoms with van der Waals surface area (Å²) in [7, 11) is 1.77. The van der Waals surface area contributed by atoms with Gasteiger partial charge in [-0.05, 0) is 30.6 Å². The number of rotatable bonds is 12. The lowest BCUT2D eigenvalue weighted by atomic mass is 9.78. The van der Waals surface area contributed by atoms with Crippen molar-refractivity contribution in [2.75, 3.05) is 13.7 Å². The minimum Gasteiger partial charge on any atom is -0.384 e. The molecule has 0 aromatic rings. The highest BCUT2D eigenvalue weighted by molar-refractivity contribution is 5.81. The van der Waals surface area contributed by atoms with Crippen molar-refractivity contribution in [3.8, 4) is 0 Å². The van der Waals surface area contributed by atoms with E-state index in [-0.39, 0.29) is 5.92 Å². The maximum absolute atomic E-state index is 12.6. The van der Waals surface area contributed by atoms with E-state index in [0.717, 1.165) is 32.3 Å². The summed E-state index contributed by atoms with van der Waals surface area (Å²) in [5.74, 6) is 2.21. The maximum Gasteiger partial charge on any atom is 0.136 e. The van der Waals surface area contributed by atoms with Crippen LogP contribution in [0.25, 0.3) is 0 Å². The Labute approximate surface area is 126 Å². The normalized spacial score (nSPS) is 16.1. The monoisotopic (exact) mass is 284 g/mol. The third kappa shape index (κ3) is 6.88. The highest BCUT2D eigenvalue weighted by Crippen LogP contribution is 2.29. The molecule has 0 N–H and O–H groups in total. The summed E-state index contributed by atoms with van der Waals surface area (Å²) in [6.45, 7) is 11.7. The smallest absolute Gasteiger partial charge is 0.136 e. The second-order valence-electron chi connectivity index (χ2n) is 6.48. The van der Waals surface area contributed by atoms with Crippen LogP contribution in [-0.2, 0) is 9.53 Å². The molecule has 2 heteroatoms. The summed E-state index contributed by atoms with van der Waals surface area (Å²) in [5, 5.41) is 0. The van der Waals surface area contributed by atoms with Crippen LogP contribution in [0.5, 0.6) is 0 Å². The van der Waals surface area contributed by atoms with Crippen molar-refractivity contribution in [1.82, 2.24) is 0 Å². The molecule has 0 amide bonds. The lowest BCUT2D eigenvalue weighted by Gasteiger charge is -2.27. The largest absolute Gasteiger partial charge is 0.384 e. The average Bonchev–Trinajstić information content (AvgIpc) is 2.41. The lowest BCUT2D eigenvalue weighted by molar-refractivity contribution is -0.126.